The molecule has 0 unspecified atom stereocenters. The van der Waals surface area contributed by atoms with E-state index >= 15 is 0 Å². The van der Waals surface area contributed by atoms with Crippen molar-refractivity contribution in [1.29, 1.82) is 0 Å². The number of carbonyl (C=O) groups is 1. The van der Waals surface area contributed by atoms with Gasteiger partial charge in [0, 0.05) is 23.4 Å². The summed E-state index contributed by atoms with van der Waals surface area (Å²) >= 11 is 5.74. The molecular formula is C16H12ClNO3. The molecule has 2 aromatic rings. The van der Waals surface area contributed by atoms with Gasteiger partial charge in [-0.2, -0.15) is 0 Å². The summed E-state index contributed by atoms with van der Waals surface area (Å²) in [5, 5.41) is 0.255. The maximum Gasteiger partial charge on any atom is 0.151 e. The average Bonchev–Trinajstić information content (AvgIpc) is 2.53. The number of halogens is 1. The second kappa shape index (κ2) is 6.78. The van der Waals surface area contributed by atoms with E-state index in [4.69, 9.17) is 21.1 Å². The van der Waals surface area contributed by atoms with Gasteiger partial charge in [0.25, 0.3) is 0 Å². The molecule has 0 N–H and O–H groups in total. The highest BCUT2D eigenvalue weighted by Crippen LogP contribution is 2.22. The zero-order valence-corrected chi connectivity index (χ0v) is 12.3. The Morgan fingerprint density at radius 2 is 1.76 bits per heavy atom. The average molecular weight is 302 g/mol. The molecule has 0 radical (unpaired) electrons. The molecule has 0 aliphatic carbocycles. The van der Waals surface area contributed by atoms with Gasteiger partial charge in [-0.25, -0.2) is 4.98 Å². The van der Waals surface area contributed by atoms with Crippen LogP contribution in [0.3, 0.4) is 0 Å². The van der Waals surface area contributed by atoms with Crippen LogP contribution in [0.5, 0.6) is 11.5 Å². The molecular weight excluding hydrogens is 290 g/mol. The number of carbonyl (C=O) groups excluding carboxylic acids is 1. The Morgan fingerprint density at radius 3 is 2.33 bits per heavy atom. The zero-order chi connectivity index (χ0) is 15.2. The highest BCUT2D eigenvalue weighted by Gasteiger charge is 2.02. The summed E-state index contributed by atoms with van der Waals surface area (Å²) in [7, 11) is 3.14. The summed E-state index contributed by atoms with van der Waals surface area (Å²) < 4.78 is 10.4. The Hall–Kier alpha value is -2.51. The fourth-order valence-electron chi connectivity index (χ4n) is 1.67. The van der Waals surface area contributed by atoms with E-state index in [0.717, 1.165) is 0 Å². The first kappa shape index (κ1) is 14.9. The molecule has 0 atom stereocenters. The Balaban J connectivity index is 2.41. The number of hydrogen-bond donors (Lipinski definition) is 0. The second-order valence-electron chi connectivity index (χ2n) is 4.06. The summed E-state index contributed by atoms with van der Waals surface area (Å²) in [6.45, 7) is 0. The first-order valence-electron chi connectivity index (χ1n) is 6.02. The molecule has 1 aromatic carbocycles. The minimum Gasteiger partial charge on any atom is -0.497 e. The predicted octanol–water partition coefficient (Wildman–Crippen LogP) is 2.96. The smallest absolute Gasteiger partial charge is 0.151 e. The third-order valence-electron chi connectivity index (χ3n) is 2.72. The molecule has 2 rings (SSSR count). The van der Waals surface area contributed by atoms with Gasteiger partial charge in [-0.3, -0.25) is 4.79 Å². The van der Waals surface area contributed by atoms with Crippen LogP contribution >= 0.6 is 11.6 Å². The lowest BCUT2D eigenvalue weighted by Gasteiger charge is -2.04. The highest BCUT2D eigenvalue weighted by molar-refractivity contribution is 6.29. The van der Waals surface area contributed by atoms with Crippen LogP contribution in [0.1, 0.15) is 21.5 Å². The second-order valence-corrected chi connectivity index (χ2v) is 4.45. The van der Waals surface area contributed by atoms with Crippen LogP contribution in [0.15, 0.2) is 30.5 Å². The Bertz CT molecular complexity index is 710. The van der Waals surface area contributed by atoms with Gasteiger partial charge in [0.05, 0.1) is 19.8 Å². The van der Waals surface area contributed by atoms with Gasteiger partial charge in [-0.15, -0.1) is 0 Å². The maximum atomic E-state index is 11.0. The molecule has 0 saturated carbocycles. The van der Waals surface area contributed by atoms with E-state index in [1.54, 1.807) is 32.4 Å². The third-order valence-corrected chi connectivity index (χ3v) is 2.93. The summed E-state index contributed by atoms with van der Waals surface area (Å²) in [5.74, 6) is 7.13. The van der Waals surface area contributed by atoms with Crippen molar-refractivity contribution in [3.8, 4) is 23.3 Å². The number of rotatable bonds is 3. The van der Waals surface area contributed by atoms with Crippen LogP contribution in [0.2, 0.25) is 5.15 Å². The standard InChI is InChI=1S/C16H12ClNO3/c1-20-14-5-11(6-15(8-14)21-2)3-4-12-9-18-16(17)7-13(12)10-19/h5-10H,1-2H3. The molecule has 1 aromatic heterocycles. The van der Waals surface area contributed by atoms with Gasteiger partial charge in [0.1, 0.15) is 16.7 Å². The van der Waals surface area contributed by atoms with E-state index in [-0.39, 0.29) is 5.15 Å². The summed E-state index contributed by atoms with van der Waals surface area (Å²) in [6.07, 6.45) is 2.17. The topological polar surface area (TPSA) is 48.4 Å². The van der Waals surface area contributed by atoms with Crippen LogP contribution in [-0.2, 0) is 0 Å². The monoisotopic (exact) mass is 301 g/mol. The molecule has 0 aliphatic heterocycles. The summed E-state index contributed by atoms with van der Waals surface area (Å²) in [6, 6.07) is 6.79. The number of benzene rings is 1. The van der Waals surface area contributed by atoms with Gasteiger partial charge in [0.15, 0.2) is 6.29 Å². The minimum absolute atomic E-state index is 0.255. The lowest BCUT2D eigenvalue weighted by Crippen LogP contribution is -1.91. The highest BCUT2D eigenvalue weighted by atomic mass is 35.5. The quantitative estimate of drug-likeness (QED) is 0.497. The normalized spacial score (nSPS) is 9.48. The van der Waals surface area contributed by atoms with E-state index < -0.39 is 0 Å². The SMILES string of the molecule is COc1cc(C#Cc2cnc(Cl)cc2C=O)cc(OC)c1. The Morgan fingerprint density at radius 1 is 1.10 bits per heavy atom. The fraction of sp³-hybridized carbons (Fsp3) is 0.125. The molecule has 0 bridgehead atoms. The van der Waals surface area contributed by atoms with Crippen LogP contribution in [0, 0.1) is 11.8 Å². The van der Waals surface area contributed by atoms with E-state index in [0.29, 0.717) is 34.5 Å². The van der Waals surface area contributed by atoms with Crippen LogP contribution in [-0.4, -0.2) is 25.5 Å². The fourth-order valence-corrected chi connectivity index (χ4v) is 1.83. The van der Waals surface area contributed by atoms with Crippen LogP contribution < -0.4 is 9.47 Å². The third kappa shape index (κ3) is 3.74. The molecule has 21 heavy (non-hydrogen) atoms. The molecule has 106 valence electrons. The molecule has 0 fully saturated rings. The van der Waals surface area contributed by atoms with Crippen molar-refractivity contribution in [1.82, 2.24) is 4.98 Å². The van der Waals surface area contributed by atoms with Gasteiger partial charge in [-0.05, 0) is 18.2 Å². The summed E-state index contributed by atoms with van der Waals surface area (Å²) in [4.78, 5) is 14.9. The van der Waals surface area contributed by atoms with Gasteiger partial charge < -0.3 is 9.47 Å². The van der Waals surface area contributed by atoms with Crippen molar-refractivity contribution >= 4 is 17.9 Å². The molecule has 0 spiro atoms. The van der Waals surface area contributed by atoms with Crippen molar-refractivity contribution in [3.63, 3.8) is 0 Å². The largest absolute Gasteiger partial charge is 0.497 e. The minimum atomic E-state index is 0.255. The molecule has 0 saturated heterocycles. The lowest BCUT2D eigenvalue weighted by molar-refractivity contribution is 0.112. The molecule has 4 nitrogen and oxygen atoms in total. The number of nitrogens with zero attached hydrogens (tertiary/aromatic N) is 1. The van der Waals surface area contributed by atoms with E-state index in [9.17, 15) is 4.79 Å². The molecule has 0 aliphatic rings. The van der Waals surface area contributed by atoms with Gasteiger partial charge >= 0.3 is 0 Å². The van der Waals surface area contributed by atoms with Crippen molar-refractivity contribution < 1.29 is 14.3 Å². The maximum absolute atomic E-state index is 11.0. The summed E-state index contributed by atoms with van der Waals surface area (Å²) in [5.41, 5.74) is 1.62. The zero-order valence-electron chi connectivity index (χ0n) is 11.5. The van der Waals surface area contributed by atoms with Crippen molar-refractivity contribution in [2.24, 2.45) is 0 Å². The van der Waals surface area contributed by atoms with Gasteiger partial charge in [-0.1, -0.05) is 23.4 Å². The Kier molecular flexibility index (Phi) is 4.81. The predicted molar refractivity (Wildman–Crippen MR) is 80.2 cm³/mol. The van der Waals surface area contributed by atoms with Crippen LogP contribution in [0.25, 0.3) is 0 Å². The van der Waals surface area contributed by atoms with Crippen LogP contribution in [0.4, 0.5) is 0 Å². The first-order valence-corrected chi connectivity index (χ1v) is 6.40. The number of pyridine rings is 1. The Labute approximate surface area is 127 Å². The lowest BCUT2D eigenvalue weighted by atomic mass is 10.1. The molecule has 1 heterocycles. The molecule has 0 amide bonds. The van der Waals surface area contributed by atoms with Crippen molar-refractivity contribution in [2.75, 3.05) is 14.2 Å². The first-order chi connectivity index (χ1) is 10.2. The van der Waals surface area contributed by atoms with Gasteiger partial charge in [0.2, 0.25) is 0 Å². The number of aldehydes is 1. The van der Waals surface area contributed by atoms with Crippen molar-refractivity contribution in [3.05, 3.63) is 52.3 Å². The number of ether oxygens (including phenoxy) is 2. The van der Waals surface area contributed by atoms with Crippen molar-refractivity contribution in [2.45, 2.75) is 0 Å². The van der Waals surface area contributed by atoms with E-state index in [2.05, 4.69) is 16.8 Å². The number of methoxy groups -OCH3 is 2. The number of hydrogen-bond acceptors (Lipinski definition) is 4. The van der Waals surface area contributed by atoms with E-state index in [1.165, 1.54) is 12.3 Å². The number of aromatic nitrogens is 1. The van der Waals surface area contributed by atoms with E-state index in [1.807, 2.05) is 0 Å². The molecule has 5 heteroatoms.